The first-order valence-corrected chi connectivity index (χ1v) is 8.41. The molecular formula is C15H27N3S. The molecule has 0 amide bonds. The average Bonchev–Trinajstić information content (AvgIpc) is 3.05. The molecule has 1 aromatic rings. The molecule has 1 N–H and O–H groups in total. The van der Waals surface area contributed by atoms with Gasteiger partial charge in [-0.2, -0.15) is 0 Å². The van der Waals surface area contributed by atoms with Crippen LogP contribution >= 0.6 is 11.3 Å². The van der Waals surface area contributed by atoms with Gasteiger partial charge in [0.2, 0.25) is 0 Å². The van der Waals surface area contributed by atoms with E-state index in [0.717, 1.165) is 25.6 Å². The first-order valence-electron chi connectivity index (χ1n) is 7.59. The maximum Gasteiger partial charge on any atom is 0.185 e. The summed E-state index contributed by atoms with van der Waals surface area (Å²) >= 11 is 1.85. The van der Waals surface area contributed by atoms with Crippen molar-refractivity contribution in [3.05, 3.63) is 11.1 Å². The number of nitrogens with one attached hydrogen (secondary N) is 1. The Balaban J connectivity index is 1.85. The van der Waals surface area contributed by atoms with Crippen LogP contribution in [0.4, 0.5) is 5.13 Å². The fraction of sp³-hybridized carbons (Fsp3) is 0.800. The van der Waals surface area contributed by atoms with E-state index < -0.39 is 0 Å². The molecule has 0 bridgehead atoms. The molecule has 19 heavy (non-hydrogen) atoms. The molecular weight excluding hydrogens is 254 g/mol. The summed E-state index contributed by atoms with van der Waals surface area (Å²) in [5.74, 6) is 1.64. The summed E-state index contributed by atoms with van der Waals surface area (Å²) in [6.07, 6.45) is 6.07. The molecule has 0 saturated heterocycles. The molecule has 108 valence electrons. The van der Waals surface area contributed by atoms with Gasteiger partial charge >= 0.3 is 0 Å². The van der Waals surface area contributed by atoms with Crippen molar-refractivity contribution in [2.75, 3.05) is 24.5 Å². The molecule has 0 aliphatic heterocycles. The van der Waals surface area contributed by atoms with E-state index in [0.29, 0.717) is 5.92 Å². The van der Waals surface area contributed by atoms with Crippen molar-refractivity contribution in [1.82, 2.24) is 10.3 Å². The number of rotatable bonds is 9. The fourth-order valence-electron chi connectivity index (χ4n) is 2.16. The zero-order chi connectivity index (χ0) is 13.7. The lowest BCUT2D eigenvalue weighted by atomic mass is 10.2. The van der Waals surface area contributed by atoms with Crippen LogP contribution in [0.1, 0.15) is 44.9 Å². The Hall–Kier alpha value is -0.610. The van der Waals surface area contributed by atoms with Crippen LogP contribution in [0.25, 0.3) is 0 Å². The smallest absolute Gasteiger partial charge is 0.185 e. The van der Waals surface area contributed by atoms with Crippen LogP contribution < -0.4 is 10.2 Å². The first-order chi connectivity index (χ1) is 9.19. The fourth-order valence-corrected chi connectivity index (χ4v) is 3.07. The van der Waals surface area contributed by atoms with Crippen molar-refractivity contribution >= 4 is 16.5 Å². The van der Waals surface area contributed by atoms with E-state index in [-0.39, 0.29) is 0 Å². The highest BCUT2D eigenvalue weighted by molar-refractivity contribution is 7.15. The molecule has 1 saturated carbocycles. The second-order valence-corrected chi connectivity index (χ2v) is 7.12. The number of hydrogen-bond donors (Lipinski definition) is 1. The van der Waals surface area contributed by atoms with Gasteiger partial charge in [-0.05, 0) is 37.6 Å². The molecule has 0 atom stereocenters. The third kappa shape index (κ3) is 5.11. The molecule has 4 heteroatoms. The van der Waals surface area contributed by atoms with Gasteiger partial charge in [-0.15, -0.1) is 11.3 Å². The molecule has 0 unspecified atom stereocenters. The largest absolute Gasteiger partial charge is 0.348 e. The minimum atomic E-state index is 0.707. The van der Waals surface area contributed by atoms with Gasteiger partial charge in [-0.3, -0.25) is 0 Å². The topological polar surface area (TPSA) is 28.2 Å². The monoisotopic (exact) mass is 281 g/mol. The predicted molar refractivity (Wildman–Crippen MR) is 83.9 cm³/mol. The zero-order valence-electron chi connectivity index (χ0n) is 12.5. The van der Waals surface area contributed by atoms with Crippen molar-refractivity contribution < 1.29 is 0 Å². The lowest BCUT2D eigenvalue weighted by Crippen LogP contribution is -2.26. The van der Waals surface area contributed by atoms with Gasteiger partial charge in [0, 0.05) is 30.7 Å². The molecule has 2 rings (SSSR count). The normalized spacial score (nSPS) is 15.2. The molecule has 1 heterocycles. The van der Waals surface area contributed by atoms with E-state index in [9.17, 15) is 0 Å². The number of hydrogen-bond acceptors (Lipinski definition) is 4. The Bertz CT molecular complexity index is 371. The number of nitrogens with zero attached hydrogens (tertiary/aromatic N) is 2. The Kier molecular flexibility index (Phi) is 5.64. The summed E-state index contributed by atoms with van der Waals surface area (Å²) < 4.78 is 0. The number of anilines is 1. The van der Waals surface area contributed by atoms with E-state index in [2.05, 4.69) is 36.0 Å². The van der Waals surface area contributed by atoms with Gasteiger partial charge in [0.1, 0.15) is 0 Å². The molecule has 0 radical (unpaired) electrons. The van der Waals surface area contributed by atoms with Crippen LogP contribution in [0.15, 0.2) is 6.20 Å². The van der Waals surface area contributed by atoms with Crippen molar-refractivity contribution in [3.63, 3.8) is 0 Å². The Morgan fingerprint density at radius 1 is 1.47 bits per heavy atom. The van der Waals surface area contributed by atoms with Crippen molar-refractivity contribution in [2.24, 2.45) is 11.8 Å². The van der Waals surface area contributed by atoms with Gasteiger partial charge in [-0.1, -0.05) is 20.8 Å². The lowest BCUT2D eigenvalue weighted by molar-refractivity contribution is 0.554. The third-order valence-electron chi connectivity index (χ3n) is 3.33. The van der Waals surface area contributed by atoms with Gasteiger partial charge in [-0.25, -0.2) is 4.98 Å². The highest BCUT2D eigenvalue weighted by atomic mass is 32.1. The Morgan fingerprint density at radius 2 is 2.26 bits per heavy atom. The molecule has 0 spiro atoms. The van der Waals surface area contributed by atoms with E-state index in [1.54, 1.807) is 0 Å². The molecule has 3 nitrogen and oxygen atoms in total. The molecule has 1 aliphatic rings. The van der Waals surface area contributed by atoms with Gasteiger partial charge in [0.25, 0.3) is 0 Å². The second-order valence-electron chi connectivity index (χ2n) is 6.02. The van der Waals surface area contributed by atoms with Crippen molar-refractivity contribution in [1.29, 1.82) is 0 Å². The Morgan fingerprint density at radius 3 is 2.89 bits per heavy atom. The van der Waals surface area contributed by atoms with Crippen LogP contribution in [0.3, 0.4) is 0 Å². The van der Waals surface area contributed by atoms with Crippen molar-refractivity contribution in [2.45, 2.75) is 46.6 Å². The van der Waals surface area contributed by atoms with Gasteiger partial charge in [0.15, 0.2) is 5.13 Å². The predicted octanol–water partition coefficient (Wildman–Crippen LogP) is 3.52. The van der Waals surface area contributed by atoms with E-state index in [1.165, 1.54) is 35.8 Å². The third-order valence-corrected chi connectivity index (χ3v) is 4.39. The van der Waals surface area contributed by atoms with E-state index >= 15 is 0 Å². The van der Waals surface area contributed by atoms with Gasteiger partial charge in [0.05, 0.1) is 0 Å². The lowest BCUT2D eigenvalue weighted by Gasteiger charge is -2.20. The minimum absolute atomic E-state index is 0.707. The van der Waals surface area contributed by atoms with Crippen LogP contribution in [-0.2, 0) is 6.54 Å². The standard InChI is InChI=1S/C15H27N3S/c1-4-7-18(11-13-5-6-13)15-17-10-14(19-15)9-16-8-12(2)3/h10,12-13,16H,4-9,11H2,1-3H3. The average molecular weight is 281 g/mol. The maximum atomic E-state index is 4.62. The SMILES string of the molecule is CCCN(CC1CC1)c1ncc(CNCC(C)C)s1. The van der Waals surface area contributed by atoms with Crippen LogP contribution in [0, 0.1) is 11.8 Å². The second kappa shape index (κ2) is 7.25. The molecule has 0 aromatic carbocycles. The molecule has 1 aliphatic carbocycles. The highest BCUT2D eigenvalue weighted by Crippen LogP contribution is 2.32. The number of thiazole rings is 1. The summed E-state index contributed by atoms with van der Waals surface area (Å²) in [7, 11) is 0. The molecule has 1 aromatic heterocycles. The summed E-state index contributed by atoms with van der Waals surface area (Å²) in [4.78, 5) is 8.45. The van der Waals surface area contributed by atoms with Crippen LogP contribution in [0.2, 0.25) is 0 Å². The van der Waals surface area contributed by atoms with Crippen LogP contribution in [-0.4, -0.2) is 24.6 Å². The van der Waals surface area contributed by atoms with Crippen molar-refractivity contribution in [3.8, 4) is 0 Å². The number of aromatic nitrogens is 1. The molecule has 1 fully saturated rings. The summed E-state index contributed by atoms with van der Waals surface area (Å²) in [6.45, 7) is 11.1. The first kappa shape index (κ1) is 14.8. The zero-order valence-corrected chi connectivity index (χ0v) is 13.3. The minimum Gasteiger partial charge on any atom is -0.348 e. The van der Waals surface area contributed by atoms with Gasteiger partial charge < -0.3 is 10.2 Å². The summed E-state index contributed by atoms with van der Waals surface area (Å²) in [5, 5.41) is 4.71. The van der Waals surface area contributed by atoms with Crippen LogP contribution in [0.5, 0.6) is 0 Å². The summed E-state index contributed by atoms with van der Waals surface area (Å²) in [5.41, 5.74) is 0. The Labute approximate surface area is 121 Å². The summed E-state index contributed by atoms with van der Waals surface area (Å²) in [6, 6.07) is 0. The maximum absolute atomic E-state index is 4.62. The van der Waals surface area contributed by atoms with E-state index in [4.69, 9.17) is 0 Å². The quantitative estimate of drug-likeness (QED) is 0.750. The van der Waals surface area contributed by atoms with E-state index in [1.807, 2.05) is 17.5 Å². The highest BCUT2D eigenvalue weighted by Gasteiger charge is 2.25.